The maximum atomic E-state index is 11.3. The van der Waals surface area contributed by atoms with Crippen LogP contribution >= 0.6 is 0 Å². The summed E-state index contributed by atoms with van der Waals surface area (Å²) in [7, 11) is 0. The zero-order valence-electron chi connectivity index (χ0n) is 8.80. The average molecular weight is 262 g/mol. The van der Waals surface area contributed by atoms with Crippen LogP contribution in [-0.4, -0.2) is 24.9 Å². The number of hydrogen-bond donors (Lipinski definition) is 2. The Hall–Kier alpha value is -1.06. The number of carbonyl (C=O) groups excluding carboxylic acids is 2. The fourth-order valence-corrected chi connectivity index (χ4v) is 1.68. The summed E-state index contributed by atoms with van der Waals surface area (Å²) in [4.78, 5) is 22.6. The van der Waals surface area contributed by atoms with Crippen LogP contribution in [0.2, 0.25) is 0 Å². The lowest BCUT2D eigenvalue weighted by Crippen LogP contribution is -2.44. The average Bonchev–Trinajstić information content (AvgIpc) is 2.02. The summed E-state index contributed by atoms with van der Waals surface area (Å²) in [6.45, 7) is 5.14. The van der Waals surface area contributed by atoms with E-state index in [4.69, 9.17) is 0 Å². The van der Waals surface area contributed by atoms with Gasteiger partial charge in [-0.1, -0.05) is 29.7 Å². The van der Waals surface area contributed by atoms with Crippen molar-refractivity contribution in [2.45, 2.75) is 56.4 Å². The first-order valence-corrected chi connectivity index (χ1v) is 5.24. The highest BCUT2D eigenvalue weighted by molar-refractivity contribution is 5.85. The molecule has 0 saturated heterocycles. The third-order valence-corrected chi connectivity index (χ3v) is 2.58. The number of hydrogen-bond acceptors (Lipinski definition) is 2. The molecule has 1 aliphatic rings. The highest BCUT2D eigenvalue weighted by atomic mass is 16.2. The van der Waals surface area contributed by atoms with Crippen LogP contribution in [0.1, 0.15) is 56.4 Å². The lowest BCUT2D eigenvalue weighted by molar-refractivity contribution is -0.135. The third kappa shape index (κ3) is 6.62. The minimum absolute atomic E-state index is 0. The number of amides is 2. The van der Waals surface area contributed by atoms with E-state index in [1.807, 2.05) is 13.8 Å². The maximum absolute atomic E-state index is 11.3. The van der Waals surface area contributed by atoms with Gasteiger partial charge in [0.1, 0.15) is 0 Å². The molecule has 0 aliphatic heterocycles. The second-order valence-corrected chi connectivity index (χ2v) is 3.65. The van der Waals surface area contributed by atoms with Crippen molar-refractivity contribution in [3.8, 4) is 0 Å². The van der Waals surface area contributed by atoms with Gasteiger partial charge in [-0.2, -0.15) is 0 Å². The third-order valence-electron chi connectivity index (χ3n) is 2.58. The fraction of sp³-hybridized carbons (Fsp3) is 0.857. The molecule has 0 atom stereocenters. The van der Waals surface area contributed by atoms with Gasteiger partial charge in [0.15, 0.2) is 0 Å². The van der Waals surface area contributed by atoms with E-state index in [-0.39, 0.29) is 53.4 Å². The van der Waals surface area contributed by atoms with E-state index in [2.05, 4.69) is 10.6 Å². The molecule has 0 heterocycles. The normalized spacial score (nSPS) is 19.4. The van der Waals surface area contributed by atoms with Crippen LogP contribution in [0.5, 0.6) is 0 Å². The molecule has 2 amide bonds. The lowest BCUT2D eigenvalue weighted by Gasteiger charge is -2.32. The van der Waals surface area contributed by atoms with Crippen LogP contribution in [-0.2, 0) is 9.59 Å². The summed E-state index contributed by atoms with van der Waals surface area (Å²) in [5, 5.41) is 5.54. The molecule has 1 aliphatic carbocycles. The summed E-state index contributed by atoms with van der Waals surface area (Å²) in [6.07, 6.45) is 1.41. The number of carbonyl (C=O) groups is 2. The molecule has 112 valence electrons. The van der Waals surface area contributed by atoms with E-state index in [0.29, 0.717) is 25.9 Å². The molecule has 0 unspecified atom stereocenters. The van der Waals surface area contributed by atoms with Gasteiger partial charge in [-0.25, -0.2) is 0 Å². The van der Waals surface area contributed by atoms with Crippen LogP contribution in [0.15, 0.2) is 0 Å². The molecule has 1 saturated carbocycles. The molecule has 0 radical (unpaired) electrons. The molecule has 1 rings (SSSR count). The van der Waals surface area contributed by atoms with E-state index >= 15 is 0 Å². The number of rotatable bonds is 4. The summed E-state index contributed by atoms with van der Waals surface area (Å²) in [5.74, 6) is 0.297. The van der Waals surface area contributed by atoms with Crippen LogP contribution in [0.3, 0.4) is 0 Å². The second-order valence-electron chi connectivity index (χ2n) is 3.65. The van der Waals surface area contributed by atoms with Crippen LogP contribution < -0.4 is 10.6 Å². The molecule has 4 heteroatoms. The van der Waals surface area contributed by atoms with E-state index in [1.165, 1.54) is 0 Å². The van der Waals surface area contributed by atoms with Crippen molar-refractivity contribution in [3.05, 3.63) is 0 Å². The molecular formula is C14H34N2O2. The Morgan fingerprint density at radius 3 is 1.33 bits per heavy atom. The predicted octanol–water partition coefficient (Wildman–Crippen LogP) is 2.83. The van der Waals surface area contributed by atoms with Gasteiger partial charge in [-0.3, -0.25) is 9.59 Å². The van der Waals surface area contributed by atoms with E-state index in [9.17, 15) is 9.59 Å². The minimum atomic E-state index is 0. The van der Waals surface area contributed by atoms with Gasteiger partial charge < -0.3 is 10.6 Å². The summed E-state index contributed by atoms with van der Waals surface area (Å²) < 4.78 is 0. The molecule has 0 spiro atoms. The first-order chi connectivity index (χ1) is 6.69. The van der Waals surface area contributed by atoms with Gasteiger partial charge in [0.25, 0.3) is 0 Å². The lowest BCUT2D eigenvalue weighted by atomic mass is 9.74. The first-order valence-electron chi connectivity index (χ1n) is 5.24. The van der Waals surface area contributed by atoms with E-state index < -0.39 is 0 Å². The number of nitrogens with one attached hydrogen (secondary N) is 2. The molecular weight excluding hydrogens is 228 g/mol. The molecule has 1 fully saturated rings. The van der Waals surface area contributed by atoms with Crippen molar-refractivity contribution in [1.29, 1.82) is 0 Å². The zero-order chi connectivity index (χ0) is 10.6. The molecule has 4 nitrogen and oxygen atoms in total. The Labute approximate surface area is 114 Å². The van der Waals surface area contributed by atoms with Crippen molar-refractivity contribution in [1.82, 2.24) is 10.6 Å². The van der Waals surface area contributed by atoms with Crippen molar-refractivity contribution in [2.24, 2.45) is 11.8 Å². The van der Waals surface area contributed by atoms with Gasteiger partial charge >= 0.3 is 0 Å². The van der Waals surface area contributed by atoms with Crippen molar-refractivity contribution in [3.63, 3.8) is 0 Å². The monoisotopic (exact) mass is 262 g/mol. The van der Waals surface area contributed by atoms with Crippen LogP contribution in [0.4, 0.5) is 0 Å². The Morgan fingerprint density at radius 2 is 1.11 bits per heavy atom. The molecule has 2 N–H and O–H groups in total. The highest BCUT2D eigenvalue weighted by Crippen LogP contribution is 2.33. The molecule has 0 aromatic carbocycles. The van der Waals surface area contributed by atoms with Crippen LogP contribution in [0, 0.1) is 11.8 Å². The van der Waals surface area contributed by atoms with Gasteiger partial charge in [0.2, 0.25) is 11.8 Å². The Bertz CT molecular complexity index is 202. The summed E-state index contributed by atoms with van der Waals surface area (Å²) in [6, 6.07) is 0. The summed E-state index contributed by atoms with van der Waals surface area (Å²) >= 11 is 0. The quantitative estimate of drug-likeness (QED) is 0.818. The molecule has 0 aromatic rings. The Balaban J connectivity index is -0.000000245. The smallest absolute Gasteiger partial charge is 0.223 e. The Kier molecular flexibility index (Phi) is 17.7. The van der Waals surface area contributed by atoms with Crippen molar-refractivity contribution >= 4 is 11.8 Å². The maximum Gasteiger partial charge on any atom is 0.223 e. The first kappa shape index (κ1) is 25.7. The second kappa shape index (κ2) is 12.4. The van der Waals surface area contributed by atoms with Gasteiger partial charge in [-0.05, 0) is 26.7 Å². The largest absolute Gasteiger partial charge is 0.356 e. The van der Waals surface area contributed by atoms with Gasteiger partial charge in [-0.15, -0.1) is 0 Å². The fourth-order valence-electron chi connectivity index (χ4n) is 1.68. The van der Waals surface area contributed by atoms with E-state index in [0.717, 1.165) is 0 Å². The summed E-state index contributed by atoms with van der Waals surface area (Å²) in [5.41, 5.74) is 0. The molecule has 18 heavy (non-hydrogen) atoms. The SMILES string of the molecule is C.C.C.C.CCNC(=O)C1CC(C(=O)NCC)C1. The van der Waals surface area contributed by atoms with Crippen LogP contribution in [0.25, 0.3) is 0 Å². The van der Waals surface area contributed by atoms with Gasteiger partial charge in [0, 0.05) is 24.9 Å². The van der Waals surface area contributed by atoms with Gasteiger partial charge in [0.05, 0.1) is 0 Å². The molecule has 0 bridgehead atoms. The minimum Gasteiger partial charge on any atom is -0.356 e. The highest BCUT2D eigenvalue weighted by Gasteiger charge is 2.38. The zero-order valence-corrected chi connectivity index (χ0v) is 8.80. The van der Waals surface area contributed by atoms with E-state index in [1.54, 1.807) is 0 Å². The topological polar surface area (TPSA) is 58.2 Å². The standard InChI is InChI=1S/C10H18N2O2.4CH4/c1-3-11-9(13)7-5-8(6-7)10(14)12-4-2;;;;/h7-8H,3-6H2,1-2H3,(H,11,13)(H,12,14);4*1H4. The predicted molar refractivity (Wildman–Crippen MR) is 80.5 cm³/mol. The Morgan fingerprint density at radius 1 is 0.833 bits per heavy atom. The van der Waals surface area contributed by atoms with Crippen molar-refractivity contribution in [2.75, 3.05) is 13.1 Å². The molecule has 0 aromatic heterocycles. The van der Waals surface area contributed by atoms with Crippen molar-refractivity contribution < 1.29 is 9.59 Å².